The minimum atomic E-state index is 0.524. The molecule has 1 atom stereocenters. The Morgan fingerprint density at radius 1 is 1.25 bits per heavy atom. The van der Waals surface area contributed by atoms with Crippen LogP contribution in [0.25, 0.3) is 0 Å². The third kappa shape index (κ3) is 2.90. The van der Waals surface area contributed by atoms with Gasteiger partial charge in [-0.2, -0.15) is 0 Å². The van der Waals surface area contributed by atoms with Crippen molar-refractivity contribution in [2.75, 3.05) is 0 Å². The average Bonchev–Trinajstić information content (AvgIpc) is 2.82. The van der Waals surface area contributed by atoms with Crippen molar-refractivity contribution in [2.45, 2.75) is 51.7 Å². The van der Waals surface area contributed by atoms with E-state index in [9.17, 15) is 0 Å². The van der Waals surface area contributed by atoms with E-state index in [-0.39, 0.29) is 0 Å². The van der Waals surface area contributed by atoms with Crippen molar-refractivity contribution in [1.29, 1.82) is 0 Å². The number of fused-ring (bicyclic) bond motifs is 1. The van der Waals surface area contributed by atoms with Gasteiger partial charge in [-0.1, -0.05) is 44.2 Å². The fourth-order valence-corrected chi connectivity index (χ4v) is 2.90. The van der Waals surface area contributed by atoms with E-state index in [4.69, 9.17) is 0 Å². The molecule has 1 aliphatic rings. The highest BCUT2D eigenvalue weighted by Crippen LogP contribution is 2.17. The van der Waals surface area contributed by atoms with Crippen LogP contribution in [-0.2, 0) is 19.4 Å². The van der Waals surface area contributed by atoms with Crippen molar-refractivity contribution in [3.05, 3.63) is 47.5 Å². The molecule has 0 saturated carbocycles. The van der Waals surface area contributed by atoms with E-state index in [1.54, 1.807) is 0 Å². The van der Waals surface area contributed by atoms with E-state index in [0.29, 0.717) is 12.1 Å². The number of aromatic nitrogens is 3. The maximum absolute atomic E-state index is 4.39. The number of hydrogen-bond donors (Lipinski definition) is 1. The number of nitrogens with one attached hydrogen (secondary N) is 1. The molecule has 106 valence electrons. The second-order valence-electron chi connectivity index (χ2n) is 5.86. The van der Waals surface area contributed by atoms with Gasteiger partial charge in [-0.15, -0.1) is 10.2 Å². The Labute approximate surface area is 120 Å². The zero-order valence-electron chi connectivity index (χ0n) is 12.2. The Bertz CT molecular complexity index is 559. The molecule has 1 aromatic heterocycles. The van der Waals surface area contributed by atoms with Gasteiger partial charge in [-0.05, 0) is 12.0 Å². The number of rotatable bonds is 4. The van der Waals surface area contributed by atoms with Gasteiger partial charge in [0.2, 0.25) is 0 Å². The number of benzene rings is 1. The van der Waals surface area contributed by atoms with Gasteiger partial charge in [0, 0.05) is 31.5 Å². The van der Waals surface area contributed by atoms with Gasteiger partial charge in [0.1, 0.15) is 11.6 Å². The van der Waals surface area contributed by atoms with Crippen LogP contribution in [0.4, 0.5) is 0 Å². The number of hydrogen-bond acceptors (Lipinski definition) is 3. The Kier molecular flexibility index (Phi) is 3.83. The number of aryl methyl sites for hydroxylation is 1. The first-order chi connectivity index (χ1) is 9.72. The van der Waals surface area contributed by atoms with Crippen LogP contribution in [0.1, 0.15) is 37.5 Å². The summed E-state index contributed by atoms with van der Waals surface area (Å²) < 4.78 is 2.30. The average molecular weight is 270 g/mol. The van der Waals surface area contributed by atoms with Gasteiger partial charge in [0.25, 0.3) is 0 Å². The first kappa shape index (κ1) is 13.3. The van der Waals surface area contributed by atoms with Gasteiger partial charge >= 0.3 is 0 Å². The predicted molar refractivity (Wildman–Crippen MR) is 79.7 cm³/mol. The molecule has 1 aliphatic heterocycles. The minimum Gasteiger partial charge on any atom is -0.313 e. The fraction of sp³-hybridized carbons (Fsp3) is 0.500. The lowest BCUT2D eigenvalue weighted by Crippen LogP contribution is -2.41. The minimum absolute atomic E-state index is 0.524. The SMILES string of the molecule is CC(C)N[C@H]1CCc2nnc(Cc3ccccc3)n2C1. The van der Waals surface area contributed by atoms with Crippen LogP contribution in [-0.4, -0.2) is 26.8 Å². The smallest absolute Gasteiger partial charge is 0.137 e. The van der Waals surface area contributed by atoms with Crippen molar-refractivity contribution in [1.82, 2.24) is 20.1 Å². The van der Waals surface area contributed by atoms with E-state index in [1.165, 1.54) is 5.56 Å². The summed E-state index contributed by atoms with van der Waals surface area (Å²) >= 11 is 0. The van der Waals surface area contributed by atoms with Crippen LogP contribution in [0.15, 0.2) is 30.3 Å². The molecule has 1 N–H and O–H groups in total. The lowest BCUT2D eigenvalue weighted by Gasteiger charge is -2.27. The molecule has 20 heavy (non-hydrogen) atoms. The summed E-state index contributed by atoms with van der Waals surface area (Å²) in [6.07, 6.45) is 3.04. The summed E-state index contributed by atoms with van der Waals surface area (Å²) in [6.45, 7) is 5.39. The van der Waals surface area contributed by atoms with E-state index >= 15 is 0 Å². The molecular formula is C16H22N4. The van der Waals surface area contributed by atoms with Crippen molar-refractivity contribution >= 4 is 0 Å². The van der Waals surface area contributed by atoms with Crippen LogP contribution in [0.5, 0.6) is 0 Å². The topological polar surface area (TPSA) is 42.7 Å². The van der Waals surface area contributed by atoms with Gasteiger partial charge in [0.05, 0.1) is 0 Å². The van der Waals surface area contributed by atoms with Crippen molar-refractivity contribution in [3.63, 3.8) is 0 Å². The van der Waals surface area contributed by atoms with Crippen LogP contribution in [0.2, 0.25) is 0 Å². The first-order valence-electron chi connectivity index (χ1n) is 7.43. The summed E-state index contributed by atoms with van der Waals surface area (Å²) in [4.78, 5) is 0. The van der Waals surface area contributed by atoms with E-state index < -0.39 is 0 Å². The second-order valence-corrected chi connectivity index (χ2v) is 5.86. The molecule has 4 heteroatoms. The molecule has 4 nitrogen and oxygen atoms in total. The van der Waals surface area contributed by atoms with Crippen molar-refractivity contribution in [3.8, 4) is 0 Å². The van der Waals surface area contributed by atoms with E-state index in [1.807, 2.05) is 6.07 Å². The summed E-state index contributed by atoms with van der Waals surface area (Å²) in [5, 5.41) is 12.4. The highest BCUT2D eigenvalue weighted by Gasteiger charge is 2.22. The Hall–Kier alpha value is -1.68. The van der Waals surface area contributed by atoms with Crippen molar-refractivity contribution in [2.24, 2.45) is 0 Å². The lowest BCUT2D eigenvalue weighted by molar-refractivity contribution is 0.353. The number of nitrogens with zero attached hydrogens (tertiary/aromatic N) is 3. The molecule has 0 aliphatic carbocycles. The fourth-order valence-electron chi connectivity index (χ4n) is 2.90. The molecular weight excluding hydrogens is 248 g/mol. The van der Waals surface area contributed by atoms with Crippen LogP contribution in [0, 0.1) is 0 Å². The summed E-state index contributed by atoms with van der Waals surface area (Å²) in [7, 11) is 0. The molecule has 0 unspecified atom stereocenters. The van der Waals surface area contributed by atoms with Crippen LogP contribution >= 0.6 is 0 Å². The first-order valence-corrected chi connectivity index (χ1v) is 7.43. The van der Waals surface area contributed by atoms with Crippen molar-refractivity contribution < 1.29 is 0 Å². The third-order valence-electron chi connectivity index (χ3n) is 3.80. The second kappa shape index (κ2) is 5.75. The zero-order chi connectivity index (χ0) is 13.9. The molecule has 0 fully saturated rings. The molecule has 0 radical (unpaired) electrons. The van der Waals surface area contributed by atoms with Gasteiger partial charge < -0.3 is 9.88 Å². The van der Waals surface area contributed by atoms with Gasteiger partial charge in [0.15, 0.2) is 0 Å². The molecule has 3 rings (SSSR count). The summed E-state index contributed by atoms with van der Waals surface area (Å²) in [6, 6.07) is 11.6. The van der Waals surface area contributed by atoms with Gasteiger partial charge in [-0.25, -0.2) is 0 Å². The summed E-state index contributed by atoms with van der Waals surface area (Å²) in [5.41, 5.74) is 1.29. The normalized spacial score (nSPS) is 18.2. The molecule has 2 heterocycles. The predicted octanol–water partition coefficient (Wildman–Crippen LogP) is 2.18. The molecule has 2 aromatic rings. The van der Waals surface area contributed by atoms with E-state index in [0.717, 1.165) is 37.5 Å². The maximum Gasteiger partial charge on any atom is 0.137 e. The Morgan fingerprint density at radius 2 is 2.05 bits per heavy atom. The largest absolute Gasteiger partial charge is 0.313 e. The van der Waals surface area contributed by atoms with Crippen LogP contribution in [0.3, 0.4) is 0 Å². The third-order valence-corrected chi connectivity index (χ3v) is 3.80. The Balaban J connectivity index is 1.77. The molecule has 1 aromatic carbocycles. The highest BCUT2D eigenvalue weighted by molar-refractivity contribution is 5.19. The zero-order valence-corrected chi connectivity index (χ0v) is 12.2. The maximum atomic E-state index is 4.39. The standard InChI is InChI=1S/C16H22N4/c1-12(2)17-14-8-9-15-18-19-16(20(15)11-14)10-13-6-4-3-5-7-13/h3-7,12,14,17H,8-11H2,1-2H3/t14-/m0/s1. The van der Waals surface area contributed by atoms with Crippen LogP contribution < -0.4 is 5.32 Å². The molecule has 0 spiro atoms. The van der Waals surface area contributed by atoms with Gasteiger partial charge in [-0.3, -0.25) is 0 Å². The monoisotopic (exact) mass is 270 g/mol. The lowest BCUT2D eigenvalue weighted by atomic mass is 10.1. The highest BCUT2D eigenvalue weighted by atomic mass is 15.3. The Morgan fingerprint density at radius 3 is 2.80 bits per heavy atom. The van der Waals surface area contributed by atoms with E-state index in [2.05, 4.69) is 58.2 Å². The molecule has 0 saturated heterocycles. The summed E-state index contributed by atoms with van der Waals surface area (Å²) in [5.74, 6) is 2.22. The molecule has 0 bridgehead atoms. The molecule has 0 amide bonds. The quantitative estimate of drug-likeness (QED) is 0.926.